The molecule has 0 spiro atoms. The van der Waals surface area contributed by atoms with Gasteiger partial charge in [0.15, 0.2) is 0 Å². The van der Waals surface area contributed by atoms with Crippen LogP contribution in [0.2, 0.25) is 5.02 Å². The summed E-state index contributed by atoms with van der Waals surface area (Å²) in [5.41, 5.74) is 7.26. The first-order chi connectivity index (χ1) is 23.0. The van der Waals surface area contributed by atoms with Gasteiger partial charge in [0.05, 0.1) is 24.3 Å². The highest BCUT2D eigenvalue weighted by atomic mass is 127. The molecule has 252 valence electrons. The fourth-order valence-electron chi connectivity index (χ4n) is 5.29. The van der Waals surface area contributed by atoms with Crippen molar-refractivity contribution in [2.75, 3.05) is 25.0 Å². The second-order valence-corrected chi connectivity index (χ2v) is 14.9. The number of halogens is 2. The fraction of sp³-hybridized carbons (Fsp3) is 0.314. The first-order valence-electron chi connectivity index (χ1n) is 15.7. The molecule has 3 N–H and O–H groups in total. The van der Waals surface area contributed by atoms with Gasteiger partial charge in [-0.2, -0.15) is 10.2 Å². The lowest BCUT2D eigenvalue weighted by Gasteiger charge is -2.27. The number of fused-ring (bicyclic) bond motifs is 1. The van der Waals surface area contributed by atoms with Crippen LogP contribution >= 0.6 is 40.0 Å². The van der Waals surface area contributed by atoms with Crippen LogP contribution in [-0.4, -0.2) is 61.9 Å². The van der Waals surface area contributed by atoms with Crippen molar-refractivity contribution in [1.29, 1.82) is 0 Å². The number of hydrogen-bond donors (Lipinski definition) is 3. The molecule has 5 aromatic rings. The van der Waals surface area contributed by atoms with Gasteiger partial charge < -0.3 is 20.3 Å². The van der Waals surface area contributed by atoms with Crippen LogP contribution < -0.4 is 10.6 Å². The third kappa shape index (κ3) is 9.27. The third-order valence-corrected chi connectivity index (χ3v) is 9.85. The molecular formula is C35H40ClIN7O3P. The molecule has 0 fully saturated rings. The number of aromatic nitrogens is 4. The number of anilines is 1. The maximum Gasteiger partial charge on any atom is 0.410 e. The predicted molar refractivity (Wildman–Crippen MR) is 204 cm³/mol. The van der Waals surface area contributed by atoms with E-state index in [2.05, 4.69) is 60.1 Å². The Kier molecular flexibility index (Phi) is 12.0. The summed E-state index contributed by atoms with van der Waals surface area (Å²) in [7, 11) is 0. The number of benzene rings is 3. The number of nitrogens with one attached hydrogen (secondary N) is 3. The lowest BCUT2D eigenvalue weighted by molar-refractivity contribution is -0.121. The van der Waals surface area contributed by atoms with Crippen LogP contribution in [0.5, 0.6) is 0 Å². The predicted octanol–water partition coefficient (Wildman–Crippen LogP) is 8.59. The van der Waals surface area contributed by atoms with Gasteiger partial charge in [-0.1, -0.05) is 54.1 Å². The minimum atomic E-state index is -0.670. The Morgan fingerprint density at radius 2 is 1.83 bits per heavy atom. The third-order valence-electron chi connectivity index (χ3n) is 7.65. The van der Waals surface area contributed by atoms with Crippen molar-refractivity contribution < 1.29 is 14.3 Å². The van der Waals surface area contributed by atoms with Gasteiger partial charge in [-0.15, -0.1) is 0 Å². The van der Waals surface area contributed by atoms with Crippen molar-refractivity contribution >= 4 is 68.6 Å². The van der Waals surface area contributed by atoms with Crippen molar-refractivity contribution in [3.8, 4) is 22.3 Å². The Morgan fingerprint density at radius 1 is 1.04 bits per heavy atom. The summed E-state index contributed by atoms with van der Waals surface area (Å²) in [6.07, 6.45) is 4.58. The van der Waals surface area contributed by atoms with E-state index in [1.807, 2.05) is 93.1 Å². The fourth-order valence-corrected chi connectivity index (χ4v) is 7.14. The number of rotatable bonds is 13. The summed E-state index contributed by atoms with van der Waals surface area (Å²) in [6, 6.07) is 19.9. The van der Waals surface area contributed by atoms with Gasteiger partial charge in [0, 0.05) is 65.5 Å². The summed E-state index contributed by atoms with van der Waals surface area (Å²) >= 11 is 8.98. The molecule has 2 heterocycles. The lowest BCUT2D eigenvalue weighted by Crippen LogP contribution is -2.39. The van der Waals surface area contributed by atoms with E-state index in [4.69, 9.17) is 16.3 Å². The summed E-state index contributed by atoms with van der Waals surface area (Å²) in [5, 5.41) is 19.9. The van der Waals surface area contributed by atoms with Crippen molar-refractivity contribution in [3.05, 3.63) is 89.3 Å². The topological polar surface area (TPSA) is 117 Å². The number of aryl methyl sites for hydroxylation is 1. The smallest absolute Gasteiger partial charge is 0.410 e. The van der Waals surface area contributed by atoms with E-state index in [1.54, 1.807) is 4.90 Å². The van der Waals surface area contributed by atoms with Gasteiger partial charge in [0.2, 0.25) is 5.91 Å². The molecular weight excluding hydrogens is 760 g/mol. The summed E-state index contributed by atoms with van der Waals surface area (Å²) in [6.45, 7) is 9.10. The number of carbonyl (C=O) groups excluding carboxylic acids is 2. The number of hydrogen-bond acceptors (Lipinski definition) is 6. The van der Waals surface area contributed by atoms with Crippen molar-refractivity contribution in [2.45, 2.75) is 52.7 Å². The average Bonchev–Trinajstić information content (AvgIpc) is 3.68. The molecule has 5 rings (SSSR count). The zero-order chi connectivity index (χ0) is 34.3. The Bertz CT molecular complexity index is 1870. The van der Waals surface area contributed by atoms with Crippen molar-refractivity contribution in [3.63, 3.8) is 0 Å². The van der Waals surface area contributed by atoms with E-state index < -0.39 is 11.7 Å². The molecule has 0 saturated carbocycles. The quantitative estimate of drug-likeness (QED) is 0.0625. The maximum absolute atomic E-state index is 13.1. The number of nitrogens with zero attached hydrogens (tertiary/aromatic N) is 4. The largest absolute Gasteiger partial charge is 0.444 e. The molecule has 10 nitrogen and oxygen atoms in total. The van der Waals surface area contributed by atoms with Crippen LogP contribution in [0.25, 0.3) is 33.2 Å². The highest BCUT2D eigenvalue weighted by molar-refractivity contribution is 14.2. The molecule has 0 bridgehead atoms. The number of ether oxygens (including phenoxy) is 1. The molecule has 1 atom stereocenters. The van der Waals surface area contributed by atoms with Gasteiger partial charge in [0.25, 0.3) is 0 Å². The molecule has 0 saturated heterocycles. The van der Waals surface area contributed by atoms with Crippen LogP contribution in [0.1, 0.15) is 44.9 Å². The van der Waals surface area contributed by atoms with E-state index >= 15 is 0 Å². The van der Waals surface area contributed by atoms with Crippen LogP contribution in [0.4, 0.5) is 10.5 Å². The van der Waals surface area contributed by atoms with Crippen LogP contribution in [-0.2, 0) is 16.1 Å². The van der Waals surface area contributed by atoms with E-state index in [1.165, 1.54) is 0 Å². The molecule has 0 aliphatic carbocycles. The number of aromatic amines is 1. The molecule has 13 heteroatoms. The Labute approximate surface area is 300 Å². The Balaban J connectivity index is 1.16. The van der Waals surface area contributed by atoms with E-state index in [0.29, 0.717) is 30.9 Å². The van der Waals surface area contributed by atoms with Crippen molar-refractivity contribution in [2.24, 2.45) is 0 Å². The normalized spacial score (nSPS) is 11.7. The minimum absolute atomic E-state index is 0.134. The summed E-state index contributed by atoms with van der Waals surface area (Å²) in [4.78, 5) is 27.6. The minimum Gasteiger partial charge on any atom is -0.444 e. The van der Waals surface area contributed by atoms with E-state index in [0.717, 1.165) is 50.1 Å². The van der Waals surface area contributed by atoms with Gasteiger partial charge in [-0.3, -0.25) is 9.89 Å². The maximum atomic E-state index is 13.1. The van der Waals surface area contributed by atoms with Crippen LogP contribution in [0.3, 0.4) is 0 Å². The van der Waals surface area contributed by atoms with Gasteiger partial charge in [-0.25, -0.2) is 9.25 Å². The Hall–Kier alpha value is -3.67. The number of carbonyl (C=O) groups is 2. The summed E-state index contributed by atoms with van der Waals surface area (Å²) < 4.78 is 7.66. The highest BCUT2D eigenvalue weighted by Crippen LogP contribution is 2.36. The van der Waals surface area contributed by atoms with E-state index in [9.17, 15) is 9.59 Å². The molecule has 3 aromatic carbocycles. The van der Waals surface area contributed by atoms with Crippen molar-refractivity contribution in [1.82, 2.24) is 30.0 Å². The lowest BCUT2D eigenvalue weighted by atomic mass is 10.0. The summed E-state index contributed by atoms with van der Waals surface area (Å²) in [5.74, 6) is -0.134. The molecule has 0 aliphatic rings. The zero-order valence-electron chi connectivity index (χ0n) is 27.4. The zero-order valence-corrected chi connectivity index (χ0v) is 31.4. The van der Waals surface area contributed by atoms with Crippen LogP contribution in [0.15, 0.2) is 73.1 Å². The molecule has 1 unspecified atom stereocenters. The second kappa shape index (κ2) is 16.2. The Morgan fingerprint density at radius 3 is 2.52 bits per heavy atom. The first-order valence-corrected chi connectivity index (χ1v) is 20.2. The highest BCUT2D eigenvalue weighted by Gasteiger charge is 2.23. The van der Waals surface area contributed by atoms with E-state index in [-0.39, 0.29) is 25.4 Å². The molecule has 0 aliphatic heterocycles. The van der Waals surface area contributed by atoms with Gasteiger partial charge >= 0.3 is 6.09 Å². The number of H-pyrrole nitrogens is 1. The average molecular weight is 800 g/mol. The SMILES string of the molecule is Cc1[nH]ncc1-c1cc(NCCCNC(=O)CCN(Cc2ccc(-c3ccccc3)c(Cl)c2)C(=O)OC(C)(C)C)c2cnn(PI)c2c1. The molecule has 2 aromatic heterocycles. The molecule has 2 amide bonds. The molecule has 48 heavy (non-hydrogen) atoms. The van der Waals surface area contributed by atoms with Crippen LogP contribution in [0, 0.1) is 6.92 Å². The number of amides is 2. The standard InChI is InChI=1S/C35H40ClIN7O3P/c1-23-28(20-40-42-23)26-18-31(29-21-41-44(48-37)32(29)19-26)38-14-8-15-39-33(45)13-16-43(34(46)47-35(2,3)4)22-24-11-12-27(30(36)17-24)25-9-6-5-7-10-25/h5-7,9-12,17-21,38,48H,8,13-16,22H2,1-4H3,(H,39,45)(H,40,42). The second-order valence-electron chi connectivity index (χ2n) is 12.5. The van der Waals surface area contributed by atoms with Gasteiger partial charge in [-0.05, 0) is 91.0 Å². The first kappa shape index (κ1) is 35.6. The molecule has 0 radical (unpaired) electrons. The van der Waals surface area contributed by atoms with Gasteiger partial charge in [0.1, 0.15) is 5.60 Å². The monoisotopic (exact) mass is 799 g/mol.